The molecule has 12 heteroatoms. The number of nitro benzene ring substituents is 1. The van der Waals surface area contributed by atoms with Crippen molar-refractivity contribution < 1.29 is 24.0 Å². The number of hydrogen-bond acceptors (Lipinski definition) is 11. The van der Waals surface area contributed by atoms with E-state index in [2.05, 4.69) is 25.4 Å². The maximum Gasteiger partial charge on any atom is 0.308 e. The van der Waals surface area contributed by atoms with Crippen LogP contribution in [0.25, 0.3) is 0 Å². The molecule has 0 heterocycles. The summed E-state index contributed by atoms with van der Waals surface area (Å²) in [6.45, 7) is 9.30. The van der Waals surface area contributed by atoms with E-state index in [0.717, 1.165) is 12.2 Å². The molecule has 0 aliphatic heterocycles. The van der Waals surface area contributed by atoms with Crippen molar-refractivity contribution >= 4 is 46.1 Å². The number of rotatable bonds is 16. The maximum atomic E-state index is 12.6. The van der Waals surface area contributed by atoms with Crippen LogP contribution in [0.15, 0.2) is 93.3 Å². The summed E-state index contributed by atoms with van der Waals surface area (Å²) in [5.41, 5.74) is 3.41. The summed E-state index contributed by atoms with van der Waals surface area (Å²) in [5.74, 6) is -1.05. The number of benzene rings is 3. The molecule has 0 fully saturated rings. The lowest BCUT2D eigenvalue weighted by Gasteiger charge is -2.24. The van der Waals surface area contributed by atoms with E-state index in [0.29, 0.717) is 42.1 Å². The molecule has 238 valence electrons. The third-order valence-corrected chi connectivity index (χ3v) is 7.43. The zero-order chi connectivity index (χ0) is 32.8. The van der Waals surface area contributed by atoms with E-state index in [-0.39, 0.29) is 42.0 Å². The number of carbonyl (C=O) groups is 2. The zero-order valence-electron chi connectivity index (χ0n) is 26.3. The van der Waals surface area contributed by atoms with E-state index in [1.165, 1.54) is 31.4 Å². The number of hydrogen-bond donors (Lipinski definition) is 0. The standard InChI is InChI=1S/C33H40N6O6/c1-6-31(33(41)44-5)23(3)22-24(4)32(40)45-21-20-38(7-2)29-16-12-27(13-17-29)36-34-25-8-10-26(11-9-25)35-37-28-14-18-30(19-15-28)39(42)43/h8-19,23-24,31H,6-7,20-22H2,1-5H3. The van der Waals surface area contributed by atoms with Crippen molar-refractivity contribution in [1.82, 2.24) is 0 Å². The molecule has 0 aromatic heterocycles. The fourth-order valence-electron chi connectivity index (χ4n) is 4.83. The molecule has 0 aliphatic rings. The first-order valence-corrected chi connectivity index (χ1v) is 14.9. The molecule has 3 atom stereocenters. The Kier molecular flexibility index (Phi) is 13.3. The van der Waals surface area contributed by atoms with Crippen LogP contribution < -0.4 is 4.90 Å². The van der Waals surface area contributed by atoms with Gasteiger partial charge in [0.25, 0.3) is 5.69 Å². The van der Waals surface area contributed by atoms with Gasteiger partial charge in [-0.05, 0) is 86.3 Å². The smallest absolute Gasteiger partial charge is 0.308 e. The molecule has 3 rings (SSSR count). The summed E-state index contributed by atoms with van der Waals surface area (Å²) < 4.78 is 10.5. The van der Waals surface area contributed by atoms with E-state index in [9.17, 15) is 19.7 Å². The number of nitrogens with zero attached hydrogens (tertiary/aromatic N) is 6. The molecule has 3 aromatic rings. The van der Waals surface area contributed by atoms with E-state index < -0.39 is 4.92 Å². The number of esters is 2. The maximum absolute atomic E-state index is 12.6. The van der Waals surface area contributed by atoms with Gasteiger partial charge in [0.2, 0.25) is 0 Å². The lowest BCUT2D eigenvalue weighted by Crippen LogP contribution is -2.30. The minimum Gasteiger partial charge on any atom is -0.469 e. The average molecular weight is 617 g/mol. The van der Waals surface area contributed by atoms with E-state index in [1.807, 2.05) is 52.0 Å². The summed E-state index contributed by atoms with van der Waals surface area (Å²) in [7, 11) is 1.39. The summed E-state index contributed by atoms with van der Waals surface area (Å²) in [5, 5.41) is 27.6. The highest BCUT2D eigenvalue weighted by atomic mass is 16.6. The molecular formula is C33H40N6O6. The Balaban J connectivity index is 1.48. The van der Waals surface area contributed by atoms with Gasteiger partial charge in [-0.1, -0.05) is 20.8 Å². The van der Waals surface area contributed by atoms with Gasteiger partial charge in [-0.3, -0.25) is 19.7 Å². The molecule has 0 N–H and O–H groups in total. The average Bonchev–Trinajstić information content (AvgIpc) is 3.05. The highest BCUT2D eigenvalue weighted by molar-refractivity contribution is 5.74. The normalized spacial score (nSPS) is 13.4. The number of ether oxygens (including phenoxy) is 2. The lowest BCUT2D eigenvalue weighted by atomic mass is 9.85. The number of anilines is 1. The second-order valence-corrected chi connectivity index (χ2v) is 10.6. The lowest BCUT2D eigenvalue weighted by molar-refractivity contribution is -0.384. The number of carbonyl (C=O) groups excluding carboxylic acids is 2. The second kappa shape index (κ2) is 17.3. The summed E-state index contributed by atoms with van der Waals surface area (Å²) in [4.78, 5) is 37.0. The predicted octanol–water partition coefficient (Wildman–Crippen LogP) is 8.66. The van der Waals surface area contributed by atoms with Gasteiger partial charge in [0, 0.05) is 24.4 Å². The number of nitro groups is 1. The molecule has 0 spiro atoms. The Morgan fingerprint density at radius 3 is 1.69 bits per heavy atom. The van der Waals surface area contributed by atoms with Crippen molar-refractivity contribution in [3.8, 4) is 0 Å². The van der Waals surface area contributed by atoms with E-state index >= 15 is 0 Å². The second-order valence-electron chi connectivity index (χ2n) is 10.6. The minimum absolute atomic E-state index is 0.00396. The third kappa shape index (κ3) is 10.6. The van der Waals surface area contributed by atoms with Crippen LogP contribution in [0, 0.1) is 27.9 Å². The molecular weight excluding hydrogens is 576 g/mol. The van der Waals surface area contributed by atoms with Crippen LogP contribution in [-0.2, 0) is 19.1 Å². The Hall–Kier alpha value is -5.00. The number of non-ortho nitro benzene ring substituents is 1. The number of methoxy groups -OCH3 is 1. The summed E-state index contributed by atoms with van der Waals surface area (Å²) in [6, 6.07) is 20.5. The monoisotopic (exact) mass is 616 g/mol. The number of azo groups is 2. The van der Waals surface area contributed by atoms with Gasteiger partial charge in [0.1, 0.15) is 6.61 Å². The molecule has 0 radical (unpaired) electrons. The van der Waals surface area contributed by atoms with Gasteiger partial charge in [-0.2, -0.15) is 20.5 Å². The largest absolute Gasteiger partial charge is 0.469 e. The van der Waals surface area contributed by atoms with Crippen LogP contribution in [0.1, 0.15) is 40.5 Å². The molecule has 0 amide bonds. The van der Waals surface area contributed by atoms with Gasteiger partial charge < -0.3 is 14.4 Å². The van der Waals surface area contributed by atoms with Crippen LogP contribution in [0.2, 0.25) is 0 Å². The summed E-state index contributed by atoms with van der Waals surface area (Å²) >= 11 is 0. The molecule has 0 saturated heterocycles. The molecule has 12 nitrogen and oxygen atoms in total. The quantitative estimate of drug-likeness (QED) is 0.0676. The van der Waals surface area contributed by atoms with Crippen LogP contribution in [0.5, 0.6) is 0 Å². The fraction of sp³-hybridized carbons (Fsp3) is 0.394. The highest BCUT2D eigenvalue weighted by Gasteiger charge is 2.28. The molecule has 3 aromatic carbocycles. The molecule has 0 saturated carbocycles. The Bertz CT molecular complexity index is 1460. The van der Waals surface area contributed by atoms with Gasteiger partial charge in [-0.25, -0.2) is 0 Å². The number of likely N-dealkylation sites (N-methyl/N-ethyl adjacent to an activating group) is 1. The van der Waals surface area contributed by atoms with Gasteiger partial charge in [-0.15, -0.1) is 0 Å². The van der Waals surface area contributed by atoms with Gasteiger partial charge in [0.05, 0.1) is 53.2 Å². The van der Waals surface area contributed by atoms with E-state index in [1.54, 1.807) is 24.3 Å². The van der Waals surface area contributed by atoms with Crippen molar-refractivity contribution in [2.45, 2.75) is 40.5 Å². The third-order valence-electron chi connectivity index (χ3n) is 7.43. The van der Waals surface area contributed by atoms with Crippen LogP contribution >= 0.6 is 0 Å². The van der Waals surface area contributed by atoms with Crippen molar-refractivity contribution in [3.05, 3.63) is 82.9 Å². The highest BCUT2D eigenvalue weighted by Crippen LogP contribution is 2.27. The molecule has 0 bridgehead atoms. The predicted molar refractivity (Wildman–Crippen MR) is 172 cm³/mol. The summed E-state index contributed by atoms with van der Waals surface area (Å²) in [6.07, 6.45) is 1.22. The fourth-order valence-corrected chi connectivity index (χ4v) is 4.83. The van der Waals surface area contributed by atoms with Gasteiger partial charge >= 0.3 is 11.9 Å². The molecule has 45 heavy (non-hydrogen) atoms. The first-order valence-electron chi connectivity index (χ1n) is 14.9. The first kappa shape index (κ1) is 34.5. The Morgan fingerprint density at radius 2 is 1.27 bits per heavy atom. The topological polar surface area (TPSA) is 148 Å². The van der Waals surface area contributed by atoms with E-state index in [4.69, 9.17) is 9.47 Å². The van der Waals surface area contributed by atoms with Crippen LogP contribution in [0.3, 0.4) is 0 Å². The van der Waals surface area contributed by atoms with Crippen molar-refractivity contribution in [2.24, 2.45) is 38.2 Å². The van der Waals surface area contributed by atoms with Crippen LogP contribution in [-0.4, -0.2) is 43.7 Å². The van der Waals surface area contributed by atoms with Crippen molar-refractivity contribution in [2.75, 3.05) is 31.7 Å². The van der Waals surface area contributed by atoms with Crippen molar-refractivity contribution in [3.63, 3.8) is 0 Å². The Morgan fingerprint density at radius 1 is 0.800 bits per heavy atom. The SMILES string of the molecule is CCC(C(=O)OC)C(C)CC(C)C(=O)OCCN(CC)c1ccc(N=Nc2ccc(N=Nc3ccc([N+](=O)[O-])cc3)cc2)cc1. The van der Waals surface area contributed by atoms with Crippen LogP contribution in [0.4, 0.5) is 34.1 Å². The van der Waals surface area contributed by atoms with Crippen molar-refractivity contribution in [1.29, 1.82) is 0 Å². The molecule has 0 aliphatic carbocycles. The minimum atomic E-state index is -0.465. The Labute approximate surface area is 263 Å². The zero-order valence-corrected chi connectivity index (χ0v) is 26.3. The first-order chi connectivity index (χ1) is 21.6. The van der Waals surface area contributed by atoms with Gasteiger partial charge in [0.15, 0.2) is 0 Å². The molecule has 3 unspecified atom stereocenters.